The van der Waals surface area contributed by atoms with Gasteiger partial charge in [-0.15, -0.1) is 0 Å². The van der Waals surface area contributed by atoms with Crippen molar-refractivity contribution in [3.05, 3.63) is 59.7 Å². The van der Waals surface area contributed by atoms with Gasteiger partial charge in [0.05, 0.1) is 11.3 Å². The number of benzene rings is 1. The Bertz CT molecular complexity index is 1020. The topological polar surface area (TPSA) is 50.1 Å². The zero-order chi connectivity index (χ0) is 21.3. The molecule has 3 heterocycles. The molecule has 3 aromatic rings. The van der Waals surface area contributed by atoms with Gasteiger partial charge >= 0.3 is 6.18 Å². The maximum atomic E-state index is 13.1. The zero-order valence-electron chi connectivity index (χ0n) is 16.9. The van der Waals surface area contributed by atoms with Crippen molar-refractivity contribution >= 4 is 5.82 Å². The predicted octanol–water partition coefficient (Wildman–Crippen LogP) is 3.53. The summed E-state index contributed by atoms with van der Waals surface area (Å²) in [6.07, 6.45) is 0.739. The van der Waals surface area contributed by atoms with Crippen molar-refractivity contribution in [2.75, 3.05) is 31.1 Å². The Balaban J connectivity index is 1.51. The van der Waals surface area contributed by atoms with Gasteiger partial charge in [0, 0.05) is 69.5 Å². The van der Waals surface area contributed by atoms with Crippen molar-refractivity contribution in [1.29, 1.82) is 0 Å². The molecule has 2 aromatic heterocycles. The van der Waals surface area contributed by atoms with Crippen molar-refractivity contribution in [3.8, 4) is 11.3 Å². The van der Waals surface area contributed by atoms with Crippen molar-refractivity contribution < 1.29 is 13.2 Å². The Morgan fingerprint density at radius 3 is 2.43 bits per heavy atom. The van der Waals surface area contributed by atoms with Crippen LogP contribution < -0.4 is 4.90 Å². The summed E-state index contributed by atoms with van der Waals surface area (Å²) in [6, 6.07) is 5.25. The second-order valence-corrected chi connectivity index (χ2v) is 7.48. The lowest BCUT2D eigenvalue weighted by molar-refractivity contribution is -0.137. The van der Waals surface area contributed by atoms with Crippen LogP contribution in [0.5, 0.6) is 0 Å². The third-order valence-corrected chi connectivity index (χ3v) is 5.32. The normalized spacial score (nSPS) is 15.6. The predicted molar refractivity (Wildman–Crippen MR) is 108 cm³/mol. The molecule has 0 N–H and O–H groups in total. The quantitative estimate of drug-likeness (QED) is 0.651. The van der Waals surface area contributed by atoms with E-state index in [0.717, 1.165) is 50.6 Å². The van der Waals surface area contributed by atoms with E-state index in [1.54, 1.807) is 12.3 Å². The number of rotatable bonds is 4. The molecule has 4 rings (SSSR count). The van der Waals surface area contributed by atoms with E-state index in [1.807, 2.05) is 24.9 Å². The van der Waals surface area contributed by atoms with Crippen LogP contribution in [-0.2, 0) is 19.8 Å². The van der Waals surface area contributed by atoms with Gasteiger partial charge < -0.3 is 4.90 Å². The molecule has 1 aromatic carbocycles. The number of halogens is 3. The molecule has 9 heteroatoms. The highest BCUT2D eigenvalue weighted by Crippen LogP contribution is 2.34. The first-order chi connectivity index (χ1) is 14.3. The van der Waals surface area contributed by atoms with E-state index < -0.39 is 11.7 Å². The summed E-state index contributed by atoms with van der Waals surface area (Å²) in [5, 5.41) is 4.39. The molecular weight excluding hydrogens is 393 g/mol. The molecular formula is C21H23F3N6. The van der Waals surface area contributed by atoms with E-state index >= 15 is 0 Å². The van der Waals surface area contributed by atoms with E-state index in [9.17, 15) is 13.2 Å². The van der Waals surface area contributed by atoms with Gasteiger partial charge in [0.15, 0.2) is 5.82 Å². The van der Waals surface area contributed by atoms with Crippen LogP contribution in [0, 0.1) is 6.92 Å². The van der Waals surface area contributed by atoms with Crippen molar-refractivity contribution in [1.82, 2.24) is 24.6 Å². The molecule has 0 atom stereocenters. The minimum Gasteiger partial charge on any atom is -0.352 e. The lowest BCUT2D eigenvalue weighted by Crippen LogP contribution is -2.46. The summed E-state index contributed by atoms with van der Waals surface area (Å²) in [4.78, 5) is 13.2. The third-order valence-electron chi connectivity index (χ3n) is 5.32. The fourth-order valence-electron chi connectivity index (χ4n) is 3.77. The van der Waals surface area contributed by atoms with Crippen LogP contribution in [0.25, 0.3) is 11.3 Å². The van der Waals surface area contributed by atoms with E-state index in [-0.39, 0.29) is 0 Å². The first-order valence-corrected chi connectivity index (χ1v) is 9.76. The van der Waals surface area contributed by atoms with Crippen LogP contribution in [0.3, 0.4) is 0 Å². The fourth-order valence-corrected chi connectivity index (χ4v) is 3.77. The third kappa shape index (κ3) is 4.30. The lowest BCUT2D eigenvalue weighted by atomic mass is 10.1. The van der Waals surface area contributed by atoms with Gasteiger partial charge in [-0.05, 0) is 19.1 Å². The molecule has 0 spiro atoms. The molecule has 0 amide bonds. The molecule has 0 bridgehead atoms. The van der Waals surface area contributed by atoms with Crippen molar-refractivity contribution in [2.24, 2.45) is 7.05 Å². The van der Waals surface area contributed by atoms with Gasteiger partial charge in [0.25, 0.3) is 0 Å². The largest absolute Gasteiger partial charge is 0.416 e. The number of hydrogen-bond acceptors (Lipinski definition) is 5. The van der Waals surface area contributed by atoms with Crippen LogP contribution in [0.1, 0.15) is 16.8 Å². The van der Waals surface area contributed by atoms with Gasteiger partial charge in [-0.1, -0.05) is 12.1 Å². The molecule has 30 heavy (non-hydrogen) atoms. The van der Waals surface area contributed by atoms with E-state index in [4.69, 9.17) is 0 Å². The molecule has 158 valence electrons. The minimum absolute atomic E-state index is 0.418. The van der Waals surface area contributed by atoms with Crippen LogP contribution in [0.4, 0.5) is 19.0 Å². The number of aryl methyl sites for hydroxylation is 2. The number of nitrogens with zero attached hydrogens (tertiary/aromatic N) is 6. The molecule has 0 aliphatic carbocycles. The Kier molecular flexibility index (Phi) is 5.46. The second-order valence-electron chi connectivity index (χ2n) is 7.48. The van der Waals surface area contributed by atoms with Gasteiger partial charge in [-0.2, -0.15) is 18.3 Å². The molecule has 1 aliphatic rings. The average Bonchev–Trinajstić information content (AvgIpc) is 3.05. The number of anilines is 1. The summed E-state index contributed by atoms with van der Waals surface area (Å²) in [7, 11) is 1.91. The number of alkyl halides is 3. The maximum absolute atomic E-state index is 13.1. The van der Waals surface area contributed by atoms with Crippen LogP contribution in [0.2, 0.25) is 0 Å². The molecule has 0 saturated carbocycles. The first-order valence-electron chi connectivity index (χ1n) is 9.76. The summed E-state index contributed by atoms with van der Waals surface area (Å²) in [6.45, 7) is 5.94. The summed E-state index contributed by atoms with van der Waals surface area (Å²) >= 11 is 0. The number of hydrogen-bond donors (Lipinski definition) is 0. The van der Waals surface area contributed by atoms with Crippen molar-refractivity contribution in [2.45, 2.75) is 19.6 Å². The minimum atomic E-state index is -4.39. The number of piperazine rings is 1. The Labute approximate surface area is 173 Å². The van der Waals surface area contributed by atoms with E-state index in [0.29, 0.717) is 17.1 Å². The smallest absolute Gasteiger partial charge is 0.352 e. The second kappa shape index (κ2) is 8.06. The molecule has 1 fully saturated rings. The maximum Gasteiger partial charge on any atom is 0.416 e. The van der Waals surface area contributed by atoms with Gasteiger partial charge in [0.1, 0.15) is 5.69 Å². The Morgan fingerprint density at radius 1 is 1.03 bits per heavy atom. The Hall–Kier alpha value is -2.94. The highest BCUT2D eigenvalue weighted by atomic mass is 19.4. The first kappa shape index (κ1) is 20.3. The highest BCUT2D eigenvalue weighted by Gasteiger charge is 2.31. The van der Waals surface area contributed by atoms with Gasteiger partial charge in [-0.25, -0.2) is 4.98 Å². The van der Waals surface area contributed by atoms with Gasteiger partial charge in [-0.3, -0.25) is 14.6 Å². The Morgan fingerprint density at radius 2 is 1.77 bits per heavy atom. The monoisotopic (exact) mass is 416 g/mol. The van der Waals surface area contributed by atoms with Gasteiger partial charge in [0.2, 0.25) is 0 Å². The van der Waals surface area contributed by atoms with Crippen LogP contribution in [-0.4, -0.2) is 50.8 Å². The fraction of sp³-hybridized carbons (Fsp3) is 0.381. The molecule has 0 unspecified atom stereocenters. The van der Waals surface area contributed by atoms with Crippen LogP contribution >= 0.6 is 0 Å². The van der Waals surface area contributed by atoms with E-state index in [1.165, 1.54) is 17.8 Å². The molecule has 1 saturated heterocycles. The van der Waals surface area contributed by atoms with E-state index in [2.05, 4.69) is 24.9 Å². The van der Waals surface area contributed by atoms with Crippen LogP contribution in [0.15, 0.2) is 42.9 Å². The average molecular weight is 416 g/mol. The summed E-state index contributed by atoms with van der Waals surface area (Å²) in [5.74, 6) is 0.619. The molecule has 6 nitrogen and oxygen atoms in total. The lowest BCUT2D eigenvalue weighted by Gasteiger charge is -2.35. The van der Waals surface area contributed by atoms with Crippen molar-refractivity contribution in [3.63, 3.8) is 0 Å². The summed E-state index contributed by atoms with van der Waals surface area (Å²) < 4.78 is 41.2. The highest BCUT2D eigenvalue weighted by molar-refractivity contribution is 5.72. The molecule has 0 radical (unpaired) electrons. The SMILES string of the molecule is Cc1nn(C)cc1CN1CCN(c2nccnc2-c2cccc(C(F)(F)F)c2)CC1. The number of aromatic nitrogens is 4. The summed E-state index contributed by atoms with van der Waals surface area (Å²) in [5.41, 5.74) is 2.44. The standard InChI is InChI=1S/C21H23F3N6/c1-15-17(13-28(2)27-15)14-29-8-10-30(11-9-29)20-19(25-6-7-26-20)16-4-3-5-18(12-16)21(22,23)24/h3-7,12-13H,8-11,14H2,1-2H3. The molecule has 1 aliphatic heterocycles. The zero-order valence-corrected chi connectivity index (χ0v) is 16.9.